The molecular weight excluding hydrogens is 276 g/mol. The third-order valence-corrected chi connectivity index (χ3v) is 3.45. The zero-order chi connectivity index (χ0) is 15.1. The summed E-state index contributed by atoms with van der Waals surface area (Å²) in [6.45, 7) is 7.64. The van der Waals surface area contributed by atoms with E-state index in [-0.39, 0.29) is 18.6 Å². The molecule has 0 radical (unpaired) electrons. The number of ether oxygens (including phenoxy) is 1. The number of benzene rings is 1. The minimum atomic E-state index is -0.212. The lowest BCUT2D eigenvalue weighted by molar-refractivity contribution is -0.145. The minimum absolute atomic E-state index is 0.212. The van der Waals surface area contributed by atoms with Gasteiger partial charge in [-0.25, -0.2) is 0 Å². The maximum atomic E-state index is 11.6. The van der Waals surface area contributed by atoms with E-state index in [0.29, 0.717) is 24.7 Å². The normalized spacial score (nSPS) is 11.2. The topological polar surface area (TPSA) is 55.6 Å². The van der Waals surface area contributed by atoms with Crippen molar-refractivity contribution in [1.82, 2.24) is 4.90 Å². The third kappa shape index (κ3) is 5.12. The number of nitrogens with two attached hydrogens (primary N) is 1. The van der Waals surface area contributed by atoms with Crippen LogP contribution in [0.15, 0.2) is 18.2 Å². The monoisotopic (exact) mass is 298 g/mol. The summed E-state index contributed by atoms with van der Waals surface area (Å²) in [4.78, 5) is 13.6. The summed E-state index contributed by atoms with van der Waals surface area (Å²) >= 11 is 6.26. The molecule has 1 rings (SSSR count). The molecule has 112 valence electrons. The Kier molecular flexibility index (Phi) is 6.99. The molecule has 2 N–H and O–H groups in total. The number of hydrogen-bond donors (Lipinski definition) is 1. The first kappa shape index (κ1) is 17.0. The largest absolute Gasteiger partial charge is 0.465 e. The molecule has 0 aromatic heterocycles. The van der Waals surface area contributed by atoms with Crippen molar-refractivity contribution in [1.29, 1.82) is 0 Å². The number of rotatable bonds is 7. The Balaban J connectivity index is 2.77. The first-order valence-corrected chi connectivity index (χ1v) is 7.22. The summed E-state index contributed by atoms with van der Waals surface area (Å²) in [6, 6.07) is 6.03. The number of nitrogens with zero attached hydrogens (tertiary/aromatic N) is 1. The van der Waals surface area contributed by atoms with Gasteiger partial charge in [-0.15, -0.1) is 0 Å². The molecule has 20 heavy (non-hydrogen) atoms. The zero-order valence-electron chi connectivity index (χ0n) is 12.4. The van der Waals surface area contributed by atoms with E-state index in [9.17, 15) is 4.79 Å². The van der Waals surface area contributed by atoms with E-state index in [1.54, 1.807) is 6.92 Å². The van der Waals surface area contributed by atoms with Gasteiger partial charge >= 0.3 is 5.97 Å². The fourth-order valence-electron chi connectivity index (χ4n) is 1.86. The van der Waals surface area contributed by atoms with Crippen LogP contribution >= 0.6 is 11.6 Å². The average molecular weight is 299 g/mol. The Labute approximate surface area is 125 Å². The van der Waals surface area contributed by atoms with Crippen molar-refractivity contribution in [2.24, 2.45) is 5.73 Å². The molecule has 0 amide bonds. The average Bonchev–Trinajstić information content (AvgIpc) is 2.40. The second kappa shape index (κ2) is 8.25. The Morgan fingerprint density at radius 3 is 2.65 bits per heavy atom. The van der Waals surface area contributed by atoms with E-state index >= 15 is 0 Å². The van der Waals surface area contributed by atoms with Crippen molar-refractivity contribution >= 4 is 17.6 Å². The van der Waals surface area contributed by atoms with Crippen LogP contribution in [-0.2, 0) is 22.6 Å². The standard InChI is InChI=1S/C15H23ClN2O2/c1-4-20-15(19)10-18(11(2)3)9-13-6-5-12(8-17)7-14(13)16/h5-7,11H,4,8-10,17H2,1-3H3. The highest BCUT2D eigenvalue weighted by Crippen LogP contribution is 2.20. The molecule has 0 heterocycles. The summed E-state index contributed by atoms with van der Waals surface area (Å²) in [5, 5.41) is 0.683. The Morgan fingerprint density at radius 2 is 2.15 bits per heavy atom. The van der Waals surface area contributed by atoms with Gasteiger partial charge in [-0.05, 0) is 38.0 Å². The van der Waals surface area contributed by atoms with Gasteiger partial charge in [-0.1, -0.05) is 23.7 Å². The van der Waals surface area contributed by atoms with Gasteiger partial charge in [0.15, 0.2) is 0 Å². The molecule has 1 aromatic rings. The van der Waals surface area contributed by atoms with Crippen LogP contribution in [0.5, 0.6) is 0 Å². The fourth-order valence-corrected chi connectivity index (χ4v) is 2.12. The smallest absolute Gasteiger partial charge is 0.320 e. The second-order valence-corrected chi connectivity index (χ2v) is 5.34. The van der Waals surface area contributed by atoms with Crippen molar-refractivity contribution in [2.75, 3.05) is 13.2 Å². The SMILES string of the molecule is CCOC(=O)CN(Cc1ccc(CN)cc1Cl)C(C)C. The predicted octanol–water partition coefficient (Wildman–Crippen LogP) is 2.57. The van der Waals surface area contributed by atoms with Crippen LogP contribution in [0.4, 0.5) is 0 Å². The Bertz CT molecular complexity index is 449. The number of carbonyl (C=O) groups excluding carboxylic acids is 1. The van der Waals surface area contributed by atoms with Gasteiger partial charge in [0.25, 0.3) is 0 Å². The lowest BCUT2D eigenvalue weighted by atomic mass is 10.1. The molecule has 1 aromatic carbocycles. The van der Waals surface area contributed by atoms with Crippen molar-refractivity contribution in [2.45, 2.75) is 39.9 Å². The summed E-state index contributed by atoms with van der Waals surface area (Å²) in [7, 11) is 0. The number of halogens is 1. The minimum Gasteiger partial charge on any atom is -0.465 e. The van der Waals surface area contributed by atoms with Crippen molar-refractivity contribution in [3.05, 3.63) is 34.3 Å². The molecule has 0 saturated carbocycles. The van der Waals surface area contributed by atoms with Crippen molar-refractivity contribution < 1.29 is 9.53 Å². The van der Waals surface area contributed by atoms with Gasteiger partial charge in [0.05, 0.1) is 13.2 Å². The Morgan fingerprint density at radius 1 is 1.45 bits per heavy atom. The molecule has 0 unspecified atom stereocenters. The summed E-state index contributed by atoms with van der Waals surface area (Å²) < 4.78 is 5.00. The molecule has 0 atom stereocenters. The van der Waals surface area contributed by atoms with Crippen LogP contribution in [0.25, 0.3) is 0 Å². The first-order valence-electron chi connectivity index (χ1n) is 6.85. The van der Waals surface area contributed by atoms with Crippen LogP contribution in [0, 0.1) is 0 Å². The summed E-state index contributed by atoms with van der Waals surface area (Å²) in [6.07, 6.45) is 0. The zero-order valence-corrected chi connectivity index (χ0v) is 13.1. The highest BCUT2D eigenvalue weighted by Gasteiger charge is 2.16. The van der Waals surface area contributed by atoms with Gasteiger partial charge in [0.2, 0.25) is 0 Å². The van der Waals surface area contributed by atoms with E-state index in [4.69, 9.17) is 22.1 Å². The van der Waals surface area contributed by atoms with Gasteiger partial charge in [0, 0.05) is 24.2 Å². The van der Waals surface area contributed by atoms with Crippen molar-refractivity contribution in [3.63, 3.8) is 0 Å². The molecule has 0 fully saturated rings. The molecule has 0 aliphatic heterocycles. The Hall–Kier alpha value is -1.10. The van der Waals surface area contributed by atoms with Crippen LogP contribution < -0.4 is 5.73 Å². The third-order valence-electron chi connectivity index (χ3n) is 3.09. The van der Waals surface area contributed by atoms with E-state index in [0.717, 1.165) is 11.1 Å². The molecule has 4 nitrogen and oxygen atoms in total. The second-order valence-electron chi connectivity index (χ2n) is 4.93. The predicted molar refractivity (Wildman–Crippen MR) is 81.5 cm³/mol. The van der Waals surface area contributed by atoms with Gasteiger partial charge < -0.3 is 10.5 Å². The van der Waals surface area contributed by atoms with Crippen LogP contribution in [-0.4, -0.2) is 30.1 Å². The molecule has 0 aliphatic rings. The van der Waals surface area contributed by atoms with E-state index in [1.165, 1.54) is 0 Å². The molecule has 5 heteroatoms. The van der Waals surface area contributed by atoms with Crippen molar-refractivity contribution in [3.8, 4) is 0 Å². The molecular formula is C15H23ClN2O2. The number of hydrogen-bond acceptors (Lipinski definition) is 4. The molecule has 0 saturated heterocycles. The maximum Gasteiger partial charge on any atom is 0.320 e. The number of carbonyl (C=O) groups is 1. The van der Waals surface area contributed by atoms with E-state index in [2.05, 4.69) is 0 Å². The van der Waals surface area contributed by atoms with Crippen LogP contribution in [0.1, 0.15) is 31.9 Å². The van der Waals surface area contributed by atoms with Crippen LogP contribution in [0.3, 0.4) is 0 Å². The summed E-state index contributed by atoms with van der Waals surface area (Å²) in [5.41, 5.74) is 7.58. The maximum absolute atomic E-state index is 11.6. The highest BCUT2D eigenvalue weighted by molar-refractivity contribution is 6.31. The fraction of sp³-hybridized carbons (Fsp3) is 0.533. The highest BCUT2D eigenvalue weighted by atomic mass is 35.5. The molecule has 0 aliphatic carbocycles. The molecule has 0 bridgehead atoms. The first-order chi connectivity index (χ1) is 9.47. The lowest BCUT2D eigenvalue weighted by Gasteiger charge is -2.26. The van der Waals surface area contributed by atoms with Gasteiger partial charge in [-0.3, -0.25) is 9.69 Å². The van der Waals surface area contributed by atoms with Crippen LogP contribution in [0.2, 0.25) is 5.02 Å². The number of esters is 1. The quantitative estimate of drug-likeness (QED) is 0.786. The summed E-state index contributed by atoms with van der Waals surface area (Å²) in [5.74, 6) is -0.212. The van der Waals surface area contributed by atoms with Gasteiger partial charge in [-0.2, -0.15) is 0 Å². The van der Waals surface area contributed by atoms with Gasteiger partial charge in [0.1, 0.15) is 0 Å². The van der Waals surface area contributed by atoms with E-state index in [1.807, 2.05) is 36.9 Å². The molecule has 0 spiro atoms. The van der Waals surface area contributed by atoms with E-state index < -0.39 is 0 Å². The lowest BCUT2D eigenvalue weighted by Crippen LogP contribution is -2.36.